The number of hydrogen-bond acceptors (Lipinski definition) is 2. The third-order valence-corrected chi connectivity index (χ3v) is 4.19. The van der Waals surface area contributed by atoms with Crippen molar-refractivity contribution < 1.29 is 9.59 Å². The summed E-state index contributed by atoms with van der Waals surface area (Å²) in [6.07, 6.45) is 5.48. The molecule has 18 heavy (non-hydrogen) atoms. The van der Waals surface area contributed by atoms with Gasteiger partial charge in [-0.25, -0.2) is 0 Å². The van der Waals surface area contributed by atoms with Crippen molar-refractivity contribution in [3.05, 3.63) is 34.9 Å². The van der Waals surface area contributed by atoms with Crippen molar-refractivity contribution in [3.8, 4) is 0 Å². The van der Waals surface area contributed by atoms with E-state index in [1.807, 2.05) is 11.0 Å². The van der Waals surface area contributed by atoms with Gasteiger partial charge in [-0.05, 0) is 36.8 Å². The Balaban J connectivity index is 1.84. The monoisotopic (exact) mass is 243 g/mol. The number of carbonyl (C=O) groups excluding carboxylic acids is 2. The van der Waals surface area contributed by atoms with Gasteiger partial charge < -0.3 is 4.90 Å². The van der Waals surface area contributed by atoms with Crippen molar-refractivity contribution in [3.63, 3.8) is 0 Å². The molecule has 1 amide bonds. The Labute approximate surface area is 107 Å². The Hall–Kier alpha value is -1.64. The van der Waals surface area contributed by atoms with Gasteiger partial charge in [0.15, 0.2) is 0 Å². The lowest BCUT2D eigenvalue weighted by Crippen LogP contribution is -2.42. The second kappa shape index (κ2) is 4.56. The lowest BCUT2D eigenvalue weighted by atomic mass is 9.84. The molecule has 2 aliphatic rings. The van der Waals surface area contributed by atoms with Crippen molar-refractivity contribution in [1.82, 2.24) is 4.90 Å². The van der Waals surface area contributed by atoms with Gasteiger partial charge in [-0.3, -0.25) is 9.59 Å². The van der Waals surface area contributed by atoms with Gasteiger partial charge in [0.05, 0.1) is 0 Å². The van der Waals surface area contributed by atoms with Crippen molar-refractivity contribution in [1.29, 1.82) is 0 Å². The topological polar surface area (TPSA) is 37.4 Å². The maximum Gasteiger partial charge on any atom is 0.254 e. The maximum atomic E-state index is 12.4. The number of nitrogens with zero attached hydrogens (tertiary/aromatic N) is 1. The summed E-state index contributed by atoms with van der Waals surface area (Å²) in [7, 11) is 0. The van der Waals surface area contributed by atoms with Crippen LogP contribution in [0.1, 0.15) is 45.5 Å². The van der Waals surface area contributed by atoms with E-state index in [4.69, 9.17) is 0 Å². The van der Waals surface area contributed by atoms with Crippen LogP contribution >= 0.6 is 0 Å². The Kier molecular flexibility index (Phi) is 2.90. The van der Waals surface area contributed by atoms with Gasteiger partial charge in [-0.1, -0.05) is 18.6 Å². The second-order valence-electron chi connectivity index (χ2n) is 5.29. The summed E-state index contributed by atoms with van der Waals surface area (Å²) in [6, 6.07) is 5.44. The molecule has 1 heterocycles. The quantitative estimate of drug-likeness (QED) is 0.764. The Morgan fingerprint density at radius 3 is 2.83 bits per heavy atom. The van der Waals surface area contributed by atoms with Gasteiger partial charge in [0.2, 0.25) is 0 Å². The zero-order valence-electron chi connectivity index (χ0n) is 10.4. The molecule has 3 rings (SSSR count). The minimum atomic E-state index is 0.104. The van der Waals surface area contributed by atoms with E-state index in [1.165, 1.54) is 19.3 Å². The van der Waals surface area contributed by atoms with Crippen molar-refractivity contribution >= 4 is 12.2 Å². The first-order valence-corrected chi connectivity index (χ1v) is 6.66. The molecule has 1 aromatic rings. The SMILES string of the molecule is O=Cc1cccc2c1CCN(CC1CCC1)C2=O. The van der Waals surface area contributed by atoms with Crippen LogP contribution in [-0.4, -0.2) is 30.2 Å². The van der Waals surface area contributed by atoms with Crippen molar-refractivity contribution in [2.45, 2.75) is 25.7 Å². The minimum absolute atomic E-state index is 0.104. The molecule has 0 atom stereocenters. The highest BCUT2D eigenvalue weighted by Gasteiger charge is 2.29. The molecule has 1 aromatic carbocycles. The summed E-state index contributed by atoms with van der Waals surface area (Å²) in [6.45, 7) is 1.65. The van der Waals surface area contributed by atoms with Gasteiger partial charge in [-0.15, -0.1) is 0 Å². The highest BCUT2D eigenvalue weighted by Crippen LogP contribution is 2.29. The maximum absolute atomic E-state index is 12.4. The van der Waals surface area contributed by atoms with Gasteiger partial charge >= 0.3 is 0 Å². The van der Waals surface area contributed by atoms with Crippen LogP contribution in [-0.2, 0) is 6.42 Å². The first-order valence-electron chi connectivity index (χ1n) is 6.66. The average Bonchev–Trinajstić information content (AvgIpc) is 2.35. The summed E-state index contributed by atoms with van der Waals surface area (Å²) >= 11 is 0. The molecular formula is C15H17NO2. The molecular weight excluding hydrogens is 226 g/mol. The van der Waals surface area contributed by atoms with Gasteiger partial charge in [0.25, 0.3) is 5.91 Å². The standard InChI is InChI=1S/C15H17NO2/c17-10-12-5-2-6-14-13(12)7-8-16(15(14)18)9-11-3-1-4-11/h2,5-6,10-11H,1,3-4,7-9H2. The smallest absolute Gasteiger partial charge is 0.254 e. The molecule has 0 saturated heterocycles. The molecule has 0 spiro atoms. The van der Waals surface area contributed by atoms with Crippen LogP contribution < -0.4 is 0 Å². The Morgan fingerprint density at radius 1 is 1.33 bits per heavy atom. The lowest BCUT2D eigenvalue weighted by molar-refractivity contribution is 0.0678. The van der Waals surface area contributed by atoms with E-state index in [2.05, 4.69) is 0 Å². The fourth-order valence-electron chi connectivity index (χ4n) is 2.87. The molecule has 3 nitrogen and oxygen atoms in total. The molecule has 0 bridgehead atoms. The summed E-state index contributed by atoms with van der Waals surface area (Å²) in [4.78, 5) is 25.3. The zero-order valence-corrected chi connectivity index (χ0v) is 10.4. The number of hydrogen-bond donors (Lipinski definition) is 0. The first kappa shape index (κ1) is 11.5. The predicted molar refractivity (Wildman–Crippen MR) is 68.8 cm³/mol. The molecule has 94 valence electrons. The fourth-order valence-corrected chi connectivity index (χ4v) is 2.87. The summed E-state index contributed by atoms with van der Waals surface area (Å²) in [5, 5.41) is 0. The number of rotatable bonds is 3. The van der Waals surface area contributed by atoms with E-state index in [1.54, 1.807) is 12.1 Å². The minimum Gasteiger partial charge on any atom is -0.338 e. The van der Waals surface area contributed by atoms with Crippen LogP contribution in [0.4, 0.5) is 0 Å². The summed E-state index contributed by atoms with van der Waals surface area (Å²) < 4.78 is 0. The zero-order chi connectivity index (χ0) is 12.5. The Morgan fingerprint density at radius 2 is 2.17 bits per heavy atom. The van der Waals surface area contributed by atoms with Gasteiger partial charge in [-0.2, -0.15) is 0 Å². The molecule has 3 heteroatoms. The van der Waals surface area contributed by atoms with Crippen LogP contribution in [0.15, 0.2) is 18.2 Å². The molecule has 1 saturated carbocycles. The van der Waals surface area contributed by atoms with Crippen LogP contribution in [0.5, 0.6) is 0 Å². The van der Waals surface area contributed by atoms with Gasteiger partial charge in [0, 0.05) is 24.2 Å². The first-order chi connectivity index (χ1) is 8.79. The van der Waals surface area contributed by atoms with Crippen LogP contribution in [0.3, 0.4) is 0 Å². The highest BCUT2D eigenvalue weighted by atomic mass is 16.2. The lowest BCUT2D eigenvalue weighted by Gasteiger charge is -2.35. The predicted octanol–water partition coefficient (Wildman–Crippen LogP) is 2.30. The van der Waals surface area contributed by atoms with E-state index >= 15 is 0 Å². The molecule has 1 aliphatic carbocycles. The van der Waals surface area contributed by atoms with Crippen LogP contribution in [0.2, 0.25) is 0 Å². The third kappa shape index (κ3) is 1.84. The Bertz CT molecular complexity index is 491. The fraction of sp³-hybridized carbons (Fsp3) is 0.467. The van der Waals surface area contributed by atoms with Crippen LogP contribution in [0, 0.1) is 5.92 Å². The number of aldehydes is 1. The molecule has 1 aliphatic heterocycles. The number of fused-ring (bicyclic) bond motifs is 1. The second-order valence-corrected chi connectivity index (χ2v) is 5.29. The molecule has 0 unspecified atom stereocenters. The van der Waals surface area contributed by atoms with E-state index < -0.39 is 0 Å². The average molecular weight is 243 g/mol. The molecule has 0 N–H and O–H groups in total. The largest absolute Gasteiger partial charge is 0.338 e. The van der Waals surface area contributed by atoms with Gasteiger partial charge in [0.1, 0.15) is 6.29 Å². The molecule has 0 aromatic heterocycles. The van der Waals surface area contributed by atoms with Crippen molar-refractivity contribution in [2.75, 3.05) is 13.1 Å². The van der Waals surface area contributed by atoms with Crippen LogP contribution in [0.25, 0.3) is 0 Å². The summed E-state index contributed by atoms with van der Waals surface area (Å²) in [5.74, 6) is 0.802. The van der Waals surface area contributed by atoms with E-state index in [-0.39, 0.29) is 5.91 Å². The van der Waals surface area contributed by atoms with E-state index in [0.717, 1.165) is 36.9 Å². The van der Waals surface area contributed by atoms with E-state index in [9.17, 15) is 9.59 Å². The number of benzene rings is 1. The highest BCUT2D eigenvalue weighted by molar-refractivity contribution is 5.99. The number of amides is 1. The van der Waals surface area contributed by atoms with Crippen molar-refractivity contribution in [2.24, 2.45) is 5.92 Å². The summed E-state index contributed by atoms with van der Waals surface area (Å²) in [5.41, 5.74) is 2.33. The normalized spacial score (nSPS) is 19.3. The van der Waals surface area contributed by atoms with E-state index in [0.29, 0.717) is 11.5 Å². The third-order valence-electron chi connectivity index (χ3n) is 4.19. The molecule has 1 fully saturated rings. The molecule has 0 radical (unpaired) electrons. The number of carbonyl (C=O) groups is 2.